The van der Waals surface area contributed by atoms with E-state index in [-0.39, 0.29) is 0 Å². The van der Waals surface area contributed by atoms with Gasteiger partial charge in [-0.2, -0.15) is 4.31 Å². The highest BCUT2D eigenvalue weighted by Gasteiger charge is 2.32. The molecule has 1 atom stereocenters. The third kappa shape index (κ3) is 4.53. The molecule has 1 saturated heterocycles. The number of nitrogens with one attached hydrogen (secondary N) is 1. The lowest BCUT2D eigenvalue weighted by Gasteiger charge is -2.35. The average Bonchev–Trinajstić information content (AvgIpc) is 2.78. The highest BCUT2D eigenvalue weighted by atomic mass is 32.2. The lowest BCUT2D eigenvalue weighted by molar-refractivity contribution is -0.927. The Labute approximate surface area is 173 Å². The highest BCUT2D eigenvalue weighted by Crippen LogP contribution is 2.22. The maximum Gasteiger partial charge on any atom is 0.243 e. The average molecular weight is 410 g/mol. The van der Waals surface area contributed by atoms with E-state index in [0.29, 0.717) is 24.0 Å². The second-order valence-electron chi connectivity index (χ2n) is 8.00. The molecule has 3 aromatic carbocycles. The number of hydrogen-bond donors (Lipinski definition) is 1. The Hall–Kier alpha value is -2.21. The van der Waals surface area contributed by atoms with Crippen molar-refractivity contribution in [3.8, 4) is 0 Å². The number of benzene rings is 3. The molecule has 1 aliphatic rings. The van der Waals surface area contributed by atoms with Crippen molar-refractivity contribution in [2.24, 2.45) is 0 Å². The molecule has 0 bridgehead atoms. The largest absolute Gasteiger partial charge is 0.331 e. The van der Waals surface area contributed by atoms with Gasteiger partial charge in [-0.1, -0.05) is 60.7 Å². The van der Waals surface area contributed by atoms with Crippen molar-refractivity contribution in [2.45, 2.75) is 30.7 Å². The standard InChI is InChI=1S/C24H28N2O2S/c1-20(11-12-21-7-3-2-4-8-21)25-15-17-26(18-16-25)29(27,28)24-14-13-22-9-5-6-10-23(22)19-24/h2-10,13-14,19-20H,11-12,15-18H2,1H3/p+1/t20-/m1/s1. The molecule has 0 amide bonds. The Morgan fingerprint density at radius 1 is 0.897 bits per heavy atom. The van der Waals surface area contributed by atoms with E-state index in [9.17, 15) is 8.42 Å². The number of nitrogens with zero attached hydrogens (tertiary/aromatic N) is 1. The summed E-state index contributed by atoms with van der Waals surface area (Å²) in [6.45, 7) is 5.18. The first kappa shape index (κ1) is 20.1. The van der Waals surface area contributed by atoms with Crippen LogP contribution in [0.4, 0.5) is 0 Å². The summed E-state index contributed by atoms with van der Waals surface area (Å²) in [5, 5.41) is 2.03. The summed E-state index contributed by atoms with van der Waals surface area (Å²) in [6.07, 6.45) is 2.20. The van der Waals surface area contributed by atoms with Crippen molar-refractivity contribution < 1.29 is 13.3 Å². The molecule has 4 rings (SSSR count). The molecule has 0 radical (unpaired) electrons. The molecule has 0 unspecified atom stereocenters. The Kier molecular flexibility index (Phi) is 5.99. The number of fused-ring (bicyclic) bond motifs is 1. The van der Waals surface area contributed by atoms with Crippen LogP contribution in [-0.2, 0) is 16.4 Å². The Morgan fingerprint density at radius 2 is 1.55 bits per heavy atom. The molecule has 0 saturated carbocycles. The predicted octanol–water partition coefficient (Wildman–Crippen LogP) is 2.75. The minimum absolute atomic E-state index is 0.400. The van der Waals surface area contributed by atoms with Gasteiger partial charge in [0.2, 0.25) is 10.0 Å². The maximum absolute atomic E-state index is 13.1. The zero-order valence-corrected chi connectivity index (χ0v) is 17.7. The van der Waals surface area contributed by atoms with Crippen molar-refractivity contribution in [2.75, 3.05) is 26.2 Å². The first-order valence-corrected chi connectivity index (χ1v) is 11.9. The normalized spacial score (nSPS) is 17.4. The first-order valence-electron chi connectivity index (χ1n) is 10.4. The summed E-state index contributed by atoms with van der Waals surface area (Å²) in [7, 11) is -3.44. The van der Waals surface area contributed by atoms with Crippen molar-refractivity contribution in [3.05, 3.63) is 78.4 Å². The van der Waals surface area contributed by atoms with E-state index in [1.54, 1.807) is 16.4 Å². The van der Waals surface area contributed by atoms with Gasteiger partial charge in [0, 0.05) is 6.42 Å². The summed E-state index contributed by atoms with van der Waals surface area (Å²) in [4.78, 5) is 1.91. The summed E-state index contributed by atoms with van der Waals surface area (Å²) in [6, 6.07) is 24.4. The van der Waals surface area contributed by atoms with Gasteiger partial charge in [-0.15, -0.1) is 0 Å². The Balaban J connectivity index is 1.37. The molecule has 1 fully saturated rings. The second-order valence-corrected chi connectivity index (χ2v) is 9.93. The predicted molar refractivity (Wildman–Crippen MR) is 118 cm³/mol. The monoisotopic (exact) mass is 409 g/mol. The van der Waals surface area contributed by atoms with Crippen LogP contribution in [0.25, 0.3) is 10.8 Å². The van der Waals surface area contributed by atoms with Crippen LogP contribution in [0.2, 0.25) is 0 Å². The number of aryl methyl sites for hydroxylation is 1. The SMILES string of the molecule is C[C@H](CCc1ccccc1)[NH+]1CCN(S(=O)(=O)c2ccc3ccccc3c2)CC1. The molecule has 0 aromatic heterocycles. The lowest BCUT2D eigenvalue weighted by Crippen LogP contribution is -3.18. The summed E-state index contributed by atoms with van der Waals surface area (Å²) in [5.41, 5.74) is 1.37. The van der Waals surface area contributed by atoms with E-state index in [1.165, 1.54) is 10.5 Å². The van der Waals surface area contributed by atoms with Crippen LogP contribution in [0.5, 0.6) is 0 Å². The van der Waals surface area contributed by atoms with Gasteiger partial charge >= 0.3 is 0 Å². The fourth-order valence-electron chi connectivity index (χ4n) is 4.22. The molecule has 0 aliphatic carbocycles. The van der Waals surface area contributed by atoms with Crippen molar-refractivity contribution in [1.29, 1.82) is 0 Å². The van der Waals surface area contributed by atoms with Gasteiger partial charge in [0.1, 0.15) is 0 Å². The third-order valence-corrected chi connectivity index (χ3v) is 8.02. The summed E-state index contributed by atoms with van der Waals surface area (Å²) >= 11 is 0. The number of quaternary nitrogens is 1. The molecule has 29 heavy (non-hydrogen) atoms. The van der Waals surface area contributed by atoms with Gasteiger partial charge in [-0.3, -0.25) is 0 Å². The van der Waals surface area contributed by atoms with Crippen molar-refractivity contribution >= 4 is 20.8 Å². The van der Waals surface area contributed by atoms with Gasteiger partial charge in [0.05, 0.1) is 37.1 Å². The zero-order valence-electron chi connectivity index (χ0n) is 16.9. The zero-order chi connectivity index (χ0) is 20.3. The van der Waals surface area contributed by atoms with E-state index in [0.717, 1.165) is 36.7 Å². The molecule has 3 aromatic rings. The smallest absolute Gasteiger partial charge is 0.243 e. The molecule has 0 spiro atoms. The molecule has 1 N–H and O–H groups in total. The van der Waals surface area contributed by atoms with Crippen molar-refractivity contribution in [1.82, 2.24) is 4.31 Å². The van der Waals surface area contributed by atoms with Crippen LogP contribution in [0.1, 0.15) is 18.9 Å². The molecule has 152 valence electrons. The lowest BCUT2D eigenvalue weighted by atomic mass is 10.0. The fourth-order valence-corrected chi connectivity index (χ4v) is 5.69. The summed E-state index contributed by atoms with van der Waals surface area (Å²) in [5.74, 6) is 0. The van der Waals surface area contributed by atoms with Crippen LogP contribution >= 0.6 is 0 Å². The summed E-state index contributed by atoms with van der Waals surface area (Å²) < 4.78 is 27.9. The highest BCUT2D eigenvalue weighted by molar-refractivity contribution is 7.89. The number of piperazine rings is 1. The van der Waals surface area contributed by atoms with Crippen LogP contribution in [0, 0.1) is 0 Å². The maximum atomic E-state index is 13.1. The minimum Gasteiger partial charge on any atom is -0.331 e. The van der Waals surface area contributed by atoms with Crippen LogP contribution in [-0.4, -0.2) is 44.9 Å². The van der Waals surface area contributed by atoms with Gasteiger partial charge in [-0.05, 0) is 41.8 Å². The minimum atomic E-state index is -3.44. The second kappa shape index (κ2) is 8.66. The van der Waals surface area contributed by atoms with Crippen molar-refractivity contribution in [3.63, 3.8) is 0 Å². The quantitative estimate of drug-likeness (QED) is 0.680. The molecule has 1 heterocycles. The van der Waals surface area contributed by atoms with Crippen LogP contribution in [0.3, 0.4) is 0 Å². The molecular formula is C24H29N2O2S+. The number of rotatable bonds is 6. The van der Waals surface area contributed by atoms with E-state index in [2.05, 4.69) is 31.2 Å². The Morgan fingerprint density at radius 3 is 2.28 bits per heavy atom. The molecular weight excluding hydrogens is 380 g/mol. The number of sulfonamides is 1. The van der Waals surface area contributed by atoms with E-state index >= 15 is 0 Å². The topological polar surface area (TPSA) is 41.8 Å². The molecule has 4 nitrogen and oxygen atoms in total. The number of hydrogen-bond acceptors (Lipinski definition) is 2. The van der Waals surface area contributed by atoms with Crippen LogP contribution < -0.4 is 4.90 Å². The van der Waals surface area contributed by atoms with E-state index in [4.69, 9.17) is 0 Å². The van der Waals surface area contributed by atoms with E-state index < -0.39 is 10.0 Å². The molecule has 1 aliphatic heterocycles. The Bertz CT molecular complexity index is 1060. The van der Waals surface area contributed by atoms with Crippen LogP contribution in [0.15, 0.2) is 77.7 Å². The van der Waals surface area contributed by atoms with Gasteiger partial charge < -0.3 is 4.90 Å². The van der Waals surface area contributed by atoms with Gasteiger partial charge in [-0.25, -0.2) is 8.42 Å². The van der Waals surface area contributed by atoms with Gasteiger partial charge in [0.25, 0.3) is 0 Å². The van der Waals surface area contributed by atoms with E-state index in [1.807, 2.05) is 36.4 Å². The third-order valence-electron chi connectivity index (χ3n) is 6.13. The first-order chi connectivity index (χ1) is 14.0. The van der Waals surface area contributed by atoms with Gasteiger partial charge in [0.15, 0.2) is 0 Å². The molecule has 5 heteroatoms. The fraction of sp³-hybridized carbons (Fsp3) is 0.333.